The Hall–Kier alpha value is -1.80. The van der Waals surface area contributed by atoms with Gasteiger partial charge in [-0.15, -0.1) is 0 Å². The SMILES string of the molecule is CCN(CC)C(C)NC(=O)c1cc(N(C)S(C)(=O)=O)ccc1OC. The highest BCUT2D eigenvalue weighted by Gasteiger charge is 2.20. The molecule has 0 fully saturated rings. The predicted molar refractivity (Wildman–Crippen MR) is 96.1 cm³/mol. The number of nitrogens with zero attached hydrogens (tertiary/aromatic N) is 2. The van der Waals surface area contributed by atoms with Gasteiger partial charge < -0.3 is 10.1 Å². The fourth-order valence-electron chi connectivity index (χ4n) is 2.39. The molecule has 0 radical (unpaired) electrons. The van der Waals surface area contributed by atoms with E-state index in [1.807, 2.05) is 20.8 Å². The summed E-state index contributed by atoms with van der Waals surface area (Å²) >= 11 is 0. The number of sulfonamides is 1. The van der Waals surface area contributed by atoms with E-state index in [0.717, 1.165) is 23.7 Å². The molecule has 0 heterocycles. The van der Waals surface area contributed by atoms with Crippen LogP contribution >= 0.6 is 0 Å². The summed E-state index contributed by atoms with van der Waals surface area (Å²) in [6, 6.07) is 4.71. The van der Waals surface area contributed by atoms with E-state index in [1.165, 1.54) is 20.2 Å². The number of methoxy groups -OCH3 is 1. The fourth-order valence-corrected chi connectivity index (χ4v) is 2.89. The average molecular weight is 357 g/mol. The van der Waals surface area contributed by atoms with Gasteiger partial charge in [0.2, 0.25) is 10.0 Å². The number of nitrogens with one attached hydrogen (secondary N) is 1. The van der Waals surface area contributed by atoms with Gasteiger partial charge in [0, 0.05) is 7.05 Å². The third-order valence-corrected chi connectivity index (χ3v) is 5.19. The van der Waals surface area contributed by atoms with Gasteiger partial charge in [-0.2, -0.15) is 0 Å². The quantitative estimate of drug-likeness (QED) is 0.714. The van der Waals surface area contributed by atoms with Gasteiger partial charge in [0.15, 0.2) is 0 Å². The van der Waals surface area contributed by atoms with Crippen LogP contribution in [0.1, 0.15) is 31.1 Å². The summed E-state index contributed by atoms with van der Waals surface area (Å²) in [6.45, 7) is 7.57. The van der Waals surface area contributed by atoms with Crippen LogP contribution in [0.25, 0.3) is 0 Å². The molecule has 1 N–H and O–H groups in total. The Morgan fingerprint density at radius 2 is 1.88 bits per heavy atom. The summed E-state index contributed by atoms with van der Waals surface area (Å²) in [5.74, 6) is 0.0832. The van der Waals surface area contributed by atoms with Crippen molar-refractivity contribution in [3.8, 4) is 5.75 Å². The van der Waals surface area contributed by atoms with Crippen LogP contribution in [0.15, 0.2) is 18.2 Å². The highest BCUT2D eigenvalue weighted by Crippen LogP contribution is 2.25. The molecule has 1 aromatic rings. The zero-order chi connectivity index (χ0) is 18.5. The monoisotopic (exact) mass is 357 g/mol. The van der Waals surface area contributed by atoms with Crippen LogP contribution in [0.4, 0.5) is 5.69 Å². The molecule has 0 saturated carbocycles. The summed E-state index contributed by atoms with van der Waals surface area (Å²) in [5, 5.41) is 2.92. The van der Waals surface area contributed by atoms with Gasteiger partial charge in [0.25, 0.3) is 5.91 Å². The van der Waals surface area contributed by atoms with Gasteiger partial charge >= 0.3 is 0 Å². The van der Waals surface area contributed by atoms with Crippen molar-refractivity contribution in [2.45, 2.75) is 26.9 Å². The summed E-state index contributed by atoms with van der Waals surface area (Å²) in [4.78, 5) is 14.7. The van der Waals surface area contributed by atoms with E-state index >= 15 is 0 Å². The maximum absolute atomic E-state index is 12.6. The van der Waals surface area contributed by atoms with Crippen molar-refractivity contribution in [3.05, 3.63) is 23.8 Å². The number of ether oxygens (including phenoxy) is 1. The lowest BCUT2D eigenvalue weighted by molar-refractivity contribution is 0.0872. The summed E-state index contributed by atoms with van der Waals surface area (Å²) in [7, 11) is -0.496. The Bertz CT molecular complexity index is 672. The van der Waals surface area contributed by atoms with E-state index < -0.39 is 10.0 Å². The van der Waals surface area contributed by atoms with Crippen LogP contribution in [0.2, 0.25) is 0 Å². The molecule has 0 aliphatic rings. The van der Waals surface area contributed by atoms with E-state index in [1.54, 1.807) is 12.1 Å². The molecular formula is C16H27N3O4S. The second-order valence-electron chi connectivity index (χ2n) is 5.49. The highest BCUT2D eigenvalue weighted by atomic mass is 32.2. The van der Waals surface area contributed by atoms with Gasteiger partial charge in [0.1, 0.15) is 5.75 Å². The molecule has 1 unspecified atom stereocenters. The lowest BCUT2D eigenvalue weighted by atomic mass is 10.1. The fraction of sp³-hybridized carbons (Fsp3) is 0.562. The van der Waals surface area contributed by atoms with Gasteiger partial charge in [-0.05, 0) is 38.2 Å². The van der Waals surface area contributed by atoms with Crippen molar-refractivity contribution in [2.24, 2.45) is 0 Å². The Morgan fingerprint density at radius 3 is 2.33 bits per heavy atom. The minimum Gasteiger partial charge on any atom is -0.496 e. The Balaban J connectivity index is 3.14. The second kappa shape index (κ2) is 8.34. The van der Waals surface area contributed by atoms with Crippen molar-refractivity contribution < 1.29 is 17.9 Å². The molecule has 0 aliphatic carbocycles. The van der Waals surface area contributed by atoms with Crippen LogP contribution in [0, 0.1) is 0 Å². The molecule has 0 spiro atoms. The zero-order valence-corrected chi connectivity index (χ0v) is 16.0. The molecule has 0 bridgehead atoms. The molecule has 7 nitrogen and oxygen atoms in total. The van der Waals surface area contributed by atoms with Crippen molar-refractivity contribution >= 4 is 21.6 Å². The average Bonchev–Trinajstić information content (AvgIpc) is 2.53. The normalized spacial score (nSPS) is 12.8. The van der Waals surface area contributed by atoms with E-state index in [9.17, 15) is 13.2 Å². The first-order valence-electron chi connectivity index (χ1n) is 7.82. The number of anilines is 1. The van der Waals surface area contributed by atoms with Crippen LogP contribution in [-0.4, -0.2) is 58.9 Å². The second-order valence-corrected chi connectivity index (χ2v) is 7.50. The predicted octanol–water partition coefficient (Wildman–Crippen LogP) is 1.51. The van der Waals surface area contributed by atoms with Gasteiger partial charge in [-0.1, -0.05) is 13.8 Å². The minimum atomic E-state index is -3.41. The Kier molecular flexibility index (Phi) is 7.04. The van der Waals surface area contributed by atoms with Crippen molar-refractivity contribution in [3.63, 3.8) is 0 Å². The van der Waals surface area contributed by atoms with E-state index in [-0.39, 0.29) is 12.1 Å². The molecule has 1 atom stereocenters. The molecule has 136 valence electrons. The third-order valence-electron chi connectivity index (χ3n) is 3.99. The van der Waals surface area contributed by atoms with Crippen LogP contribution in [0.3, 0.4) is 0 Å². The molecule has 0 aliphatic heterocycles. The number of carbonyl (C=O) groups excluding carboxylic acids is 1. The number of hydrogen-bond donors (Lipinski definition) is 1. The van der Waals surface area contributed by atoms with Crippen molar-refractivity contribution in [2.75, 3.05) is 37.8 Å². The van der Waals surface area contributed by atoms with Crippen LogP contribution in [-0.2, 0) is 10.0 Å². The first-order valence-corrected chi connectivity index (χ1v) is 9.67. The summed E-state index contributed by atoms with van der Waals surface area (Å²) in [5.41, 5.74) is 0.698. The zero-order valence-electron chi connectivity index (χ0n) is 15.2. The maximum Gasteiger partial charge on any atom is 0.256 e. The smallest absolute Gasteiger partial charge is 0.256 e. The standard InChI is InChI=1S/C16H27N3O4S/c1-7-19(8-2)12(3)17-16(20)14-11-13(9-10-15(14)23-5)18(4)24(6,21)22/h9-12H,7-8H2,1-6H3,(H,17,20). The van der Waals surface area contributed by atoms with E-state index in [2.05, 4.69) is 10.2 Å². The number of carbonyl (C=O) groups is 1. The highest BCUT2D eigenvalue weighted by molar-refractivity contribution is 7.92. The molecule has 0 aromatic heterocycles. The molecule has 8 heteroatoms. The van der Waals surface area contributed by atoms with Crippen LogP contribution in [0.5, 0.6) is 5.75 Å². The van der Waals surface area contributed by atoms with Crippen molar-refractivity contribution in [1.82, 2.24) is 10.2 Å². The third kappa shape index (κ3) is 4.85. The molecular weight excluding hydrogens is 330 g/mol. The number of rotatable bonds is 8. The van der Waals surface area contributed by atoms with E-state index in [4.69, 9.17) is 4.74 Å². The Labute approximate surface area is 144 Å². The minimum absolute atomic E-state index is 0.145. The molecule has 0 saturated heterocycles. The number of hydrogen-bond acceptors (Lipinski definition) is 5. The number of amides is 1. The largest absolute Gasteiger partial charge is 0.496 e. The molecule has 1 rings (SSSR count). The summed E-state index contributed by atoms with van der Waals surface area (Å²) < 4.78 is 29.8. The topological polar surface area (TPSA) is 79.0 Å². The summed E-state index contributed by atoms with van der Waals surface area (Å²) in [6.07, 6.45) is 0.966. The maximum atomic E-state index is 12.6. The van der Waals surface area contributed by atoms with Crippen molar-refractivity contribution in [1.29, 1.82) is 0 Å². The lowest BCUT2D eigenvalue weighted by Crippen LogP contribution is -2.46. The number of benzene rings is 1. The van der Waals surface area contributed by atoms with E-state index in [0.29, 0.717) is 17.0 Å². The van der Waals surface area contributed by atoms with Crippen LogP contribution < -0.4 is 14.4 Å². The molecule has 1 amide bonds. The first kappa shape index (κ1) is 20.2. The molecule has 24 heavy (non-hydrogen) atoms. The van der Waals surface area contributed by atoms with Gasteiger partial charge in [-0.25, -0.2) is 8.42 Å². The lowest BCUT2D eigenvalue weighted by Gasteiger charge is -2.27. The molecule has 1 aromatic carbocycles. The first-order chi connectivity index (χ1) is 11.1. The van der Waals surface area contributed by atoms with Gasteiger partial charge in [0.05, 0.1) is 30.8 Å². The Morgan fingerprint density at radius 1 is 1.29 bits per heavy atom. The van der Waals surface area contributed by atoms with Gasteiger partial charge in [-0.3, -0.25) is 14.0 Å².